The van der Waals surface area contributed by atoms with Gasteiger partial charge in [-0.25, -0.2) is 19.0 Å². The summed E-state index contributed by atoms with van der Waals surface area (Å²) in [7, 11) is 0. The Balaban J connectivity index is 0.000000317. The van der Waals surface area contributed by atoms with Crippen LogP contribution in [0.15, 0.2) is 42.7 Å². The fraction of sp³-hybridized carbons (Fsp3) is 0.409. The highest BCUT2D eigenvalue weighted by Gasteiger charge is 2.46. The van der Waals surface area contributed by atoms with Crippen molar-refractivity contribution in [2.75, 3.05) is 13.2 Å². The van der Waals surface area contributed by atoms with Crippen LogP contribution in [0.1, 0.15) is 23.3 Å². The third-order valence-corrected chi connectivity index (χ3v) is 5.15. The minimum Gasteiger partial charge on any atom is -0.475 e. The van der Waals surface area contributed by atoms with E-state index in [1.54, 1.807) is 29.3 Å². The van der Waals surface area contributed by atoms with Gasteiger partial charge in [-0.15, -0.1) is 0 Å². The van der Waals surface area contributed by atoms with Crippen LogP contribution in [-0.4, -0.2) is 86.7 Å². The molecular formula is C22H20F7N3O7. The third kappa shape index (κ3) is 9.05. The molecule has 17 heteroatoms. The zero-order valence-electron chi connectivity index (χ0n) is 19.5. The number of carbonyl (C=O) groups excluding carboxylic acids is 1. The largest absolute Gasteiger partial charge is 0.490 e. The smallest absolute Gasteiger partial charge is 0.475 e. The lowest BCUT2D eigenvalue weighted by Crippen LogP contribution is -2.54. The first-order valence-corrected chi connectivity index (χ1v) is 10.8. The molecule has 10 nitrogen and oxygen atoms in total. The number of aliphatic carboxylic acids is 2. The molecule has 2 aromatic rings. The molecule has 39 heavy (non-hydrogen) atoms. The van der Waals surface area contributed by atoms with Crippen LogP contribution in [0.5, 0.6) is 5.88 Å². The molecule has 0 aromatic carbocycles. The number of carbonyl (C=O) groups is 3. The van der Waals surface area contributed by atoms with Crippen molar-refractivity contribution in [3.8, 4) is 5.88 Å². The first kappa shape index (κ1) is 31.2. The molecule has 4 rings (SSSR count). The zero-order valence-corrected chi connectivity index (χ0v) is 19.5. The second-order valence-corrected chi connectivity index (χ2v) is 7.75. The molecule has 0 bridgehead atoms. The van der Waals surface area contributed by atoms with Crippen LogP contribution in [0.3, 0.4) is 0 Å². The van der Waals surface area contributed by atoms with Gasteiger partial charge in [0.2, 0.25) is 0 Å². The summed E-state index contributed by atoms with van der Waals surface area (Å²) >= 11 is 0. The van der Waals surface area contributed by atoms with Crippen LogP contribution in [0.4, 0.5) is 30.7 Å². The molecule has 0 spiro atoms. The van der Waals surface area contributed by atoms with Gasteiger partial charge in [0.05, 0.1) is 12.6 Å². The Morgan fingerprint density at radius 2 is 1.51 bits per heavy atom. The van der Waals surface area contributed by atoms with Crippen molar-refractivity contribution in [3.05, 3.63) is 54.2 Å². The standard InChI is InChI=1S/C18H18FN3O3.2C2HF3O2/c19-12-4-3-9-21-17(12)25-15-7-6-14-16(15)24-11-10-22(14)18(23)13-5-1-2-8-20-13;2*3-2(4,5)1(6)7/h1-5,8-9,14-16H,6-7,10-11H2;2*(H,6,7)/t14-,15+,16+;;/m0../s1. The summed E-state index contributed by atoms with van der Waals surface area (Å²) in [6, 6.07) is 8.01. The van der Waals surface area contributed by atoms with Crippen LogP contribution >= 0.6 is 0 Å². The second kappa shape index (κ2) is 13.2. The maximum absolute atomic E-state index is 13.8. The van der Waals surface area contributed by atoms with Gasteiger partial charge in [0.15, 0.2) is 5.82 Å². The minimum atomic E-state index is -5.08. The molecule has 2 N–H and O–H groups in total. The third-order valence-electron chi connectivity index (χ3n) is 5.15. The van der Waals surface area contributed by atoms with Gasteiger partial charge in [-0.05, 0) is 37.1 Å². The summed E-state index contributed by atoms with van der Waals surface area (Å²) in [6.07, 6.45) is -6.27. The number of rotatable bonds is 3. The molecule has 2 fully saturated rings. The molecule has 1 aliphatic heterocycles. The van der Waals surface area contributed by atoms with Crippen molar-refractivity contribution in [3.63, 3.8) is 0 Å². The monoisotopic (exact) mass is 571 g/mol. The van der Waals surface area contributed by atoms with Crippen LogP contribution < -0.4 is 4.74 Å². The van der Waals surface area contributed by atoms with E-state index >= 15 is 0 Å². The average molecular weight is 571 g/mol. The number of aromatic nitrogens is 2. The summed E-state index contributed by atoms with van der Waals surface area (Å²) < 4.78 is 88.9. The quantitative estimate of drug-likeness (QED) is 0.531. The number of morpholine rings is 1. The molecule has 1 aliphatic carbocycles. The molecule has 214 valence electrons. The number of hydrogen-bond donors (Lipinski definition) is 2. The van der Waals surface area contributed by atoms with Gasteiger partial charge in [0.1, 0.15) is 17.9 Å². The Bertz CT molecular complexity index is 1110. The summed E-state index contributed by atoms with van der Waals surface area (Å²) in [5.41, 5.74) is 0.420. The van der Waals surface area contributed by atoms with Crippen molar-refractivity contribution in [1.29, 1.82) is 0 Å². The maximum atomic E-state index is 13.8. The first-order chi connectivity index (χ1) is 18.1. The van der Waals surface area contributed by atoms with E-state index in [1.165, 1.54) is 18.3 Å². The van der Waals surface area contributed by atoms with Gasteiger partial charge in [-0.3, -0.25) is 9.78 Å². The summed E-state index contributed by atoms with van der Waals surface area (Å²) in [4.78, 5) is 40.4. The molecule has 3 heterocycles. The number of alkyl halides is 6. The lowest BCUT2D eigenvalue weighted by molar-refractivity contribution is -0.193. The number of nitrogens with zero attached hydrogens (tertiary/aromatic N) is 3. The summed E-state index contributed by atoms with van der Waals surface area (Å²) in [6.45, 7) is 0.936. The zero-order chi connectivity index (χ0) is 29.4. The molecule has 0 radical (unpaired) electrons. The lowest BCUT2D eigenvalue weighted by Gasteiger charge is -2.38. The predicted octanol–water partition coefficient (Wildman–Crippen LogP) is 3.33. The Hall–Kier alpha value is -4.02. The molecule has 3 atom stereocenters. The Labute approximate surface area is 215 Å². The summed E-state index contributed by atoms with van der Waals surface area (Å²) in [5, 5.41) is 14.2. The fourth-order valence-corrected chi connectivity index (χ4v) is 3.53. The molecule has 1 amide bonds. The first-order valence-electron chi connectivity index (χ1n) is 10.8. The van der Waals surface area contributed by atoms with Crippen LogP contribution in [-0.2, 0) is 14.3 Å². The number of ether oxygens (including phenoxy) is 2. The molecular weight excluding hydrogens is 551 g/mol. The van der Waals surface area contributed by atoms with Gasteiger partial charge in [-0.1, -0.05) is 6.07 Å². The number of pyridine rings is 2. The van der Waals surface area contributed by atoms with Crippen molar-refractivity contribution < 1.29 is 64.8 Å². The van der Waals surface area contributed by atoms with E-state index < -0.39 is 30.1 Å². The highest BCUT2D eigenvalue weighted by atomic mass is 19.4. The van der Waals surface area contributed by atoms with E-state index in [4.69, 9.17) is 29.3 Å². The number of fused-ring (bicyclic) bond motifs is 1. The molecule has 1 saturated carbocycles. The van der Waals surface area contributed by atoms with E-state index in [2.05, 4.69) is 9.97 Å². The number of halogens is 7. The van der Waals surface area contributed by atoms with E-state index in [1.807, 2.05) is 0 Å². The van der Waals surface area contributed by atoms with Crippen molar-refractivity contribution >= 4 is 17.8 Å². The van der Waals surface area contributed by atoms with Gasteiger partial charge in [0.25, 0.3) is 11.8 Å². The Morgan fingerprint density at radius 1 is 0.923 bits per heavy atom. The van der Waals surface area contributed by atoms with E-state index in [9.17, 15) is 35.5 Å². The molecule has 2 aliphatic rings. The normalized spacial score (nSPS) is 20.4. The van der Waals surface area contributed by atoms with Crippen molar-refractivity contribution in [2.24, 2.45) is 0 Å². The van der Waals surface area contributed by atoms with Crippen molar-refractivity contribution in [1.82, 2.24) is 14.9 Å². The number of carboxylic acids is 2. The second-order valence-electron chi connectivity index (χ2n) is 7.75. The van der Waals surface area contributed by atoms with Gasteiger partial charge in [-0.2, -0.15) is 26.3 Å². The number of amides is 1. The number of carboxylic acid groups (broad SMARTS) is 2. The Kier molecular flexibility index (Phi) is 10.5. The van der Waals surface area contributed by atoms with Crippen LogP contribution in [0, 0.1) is 5.82 Å². The molecule has 1 saturated heterocycles. The van der Waals surface area contributed by atoms with E-state index in [-0.39, 0.29) is 30.0 Å². The topological polar surface area (TPSA) is 139 Å². The fourth-order valence-electron chi connectivity index (χ4n) is 3.53. The lowest BCUT2D eigenvalue weighted by atomic mass is 10.1. The van der Waals surface area contributed by atoms with Gasteiger partial charge < -0.3 is 24.6 Å². The Morgan fingerprint density at radius 3 is 2.03 bits per heavy atom. The van der Waals surface area contributed by atoms with Gasteiger partial charge in [0, 0.05) is 18.9 Å². The van der Waals surface area contributed by atoms with Gasteiger partial charge >= 0.3 is 24.3 Å². The van der Waals surface area contributed by atoms with E-state index in [0.29, 0.717) is 25.3 Å². The summed E-state index contributed by atoms with van der Waals surface area (Å²) in [5.74, 6) is -6.14. The maximum Gasteiger partial charge on any atom is 0.490 e. The van der Waals surface area contributed by atoms with Crippen LogP contribution in [0.2, 0.25) is 0 Å². The highest BCUT2D eigenvalue weighted by molar-refractivity contribution is 5.92. The van der Waals surface area contributed by atoms with E-state index in [0.717, 1.165) is 6.42 Å². The van der Waals surface area contributed by atoms with Crippen molar-refractivity contribution in [2.45, 2.75) is 43.4 Å². The minimum absolute atomic E-state index is 0.0232. The van der Waals surface area contributed by atoms with Crippen LogP contribution in [0.25, 0.3) is 0 Å². The number of hydrogen-bond acceptors (Lipinski definition) is 7. The molecule has 0 unspecified atom stereocenters. The highest BCUT2D eigenvalue weighted by Crippen LogP contribution is 2.33. The molecule has 2 aromatic heterocycles. The SMILES string of the molecule is O=C(O)C(F)(F)F.O=C(O)C(F)(F)F.O=C(c1ccccn1)N1CCO[C@H]2[C@H](Oc3ncccc3F)CC[C@@H]21. The predicted molar refractivity (Wildman–Crippen MR) is 114 cm³/mol. The average Bonchev–Trinajstić information content (AvgIpc) is 3.28.